The van der Waals surface area contributed by atoms with Crippen LogP contribution in [0.15, 0.2) is 65.1 Å². The van der Waals surface area contributed by atoms with Gasteiger partial charge >= 0.3 is 0 Å². The molecule has 0 unspecified atom stereocenters. The topological polar surface area (TPSA) is 54.3 Å². The van der Waals surface area contributed by atoms with E-state index in [4.69, 9.17) is 28.2 Å². The van der Waals surface area contributed by atoms with Crippen molar-refractivity contribution in [2.45, 2.75) is 13.3 Å². The second kappa shape index (κ2) is 8.17. The van der Waals surface area contributed by atoms with E-state index in [0.29, 0.717) is 10.8 Å². The molecule has 0 aliphatic carbocycles. The first kappa shape index (κ1) is 18.2. The smallest absolute Gasteiger partial charge is 0.293 e. The fourth-order valence-corrected chi connectivity index (χ4v) is 2.72. The lowest BCUT2D eigenvalue weighted by Crippen LogP contribution is -2.33. The van der Waals surface area contributed by atoms with E-state index < -0.39 is 5.91 Å². The van der Waals surface area contributed by atoms with Crippen LogP contribution in [0, 0.1) is 0 Å². The van der Waals surface area contributed by atoms with Crippen molar-refractivity contribution < 1.29 is 9.21 Å². The highest BCUT2D eigenvalue weighted by Crippen LogP contribution is 2.23. The van der Waals surface area contributed by atoms with Gasteiger partial charge in [-0.2, -0.15) is 0 Å². The van der Waals surface area contributed by atoms with Crippen molar-refractivity contribution in [3.63, 3.8) is 0 Å². The van der Waals surface area contributed by atoms with Crippen molar-refractivity contribution >= 4 is 40.5 Å². The van der Waals surface area contributed by atoms with Gasteiger partial charge in [-0.25, -0.2) is 0 Å². The molecule has 1 aromatic heterocycles. The minimum atomic E-state index is -0.409. The summed E-state index contributed by atoms with van der Waals surface area (Å²) in [6.45, 7) is 2.09. The van der Waals surface area contributed by atoms with E-state index in [0.717, 1.165) is 17.7 Å². The maximum Gasteiger partial charge on any atom is 0.293 e. The lowest BCUT2D eigenvalue weighted by molar-refractivity contribution is 0.0951. The number of thiocarbonyl (C=S) groups is 1. The van der Waals surface area contributed by atoms with Crippen LogP contribution in [0.25, 0.3) is 11.3 Å². The average molecular weight is 385 g/mol. The molecule has 4 nitrogen and oxygen atoms in total. The molecule has 26 heavy (non-hydrogen) atoms. The Morgan fingerprint density at radius 3 is 2.38 bits per heavy atom. The molecule has 0 spiro atoms. The number of carbonyl (C=O) groups excluding carboxylic acids is 1. The van der Waals surface area contributed by atoms with Crippen molar-refractivity contribution in [3.05, 3.63) is 77.0 Å². The number of hydrogen-bond donors (Lipinski definition) is 2. The molecule has 2 aromatic carbocycles. The third kappa shape index (κ3) is 4.50. The number of nitrogens with one attached hydrogen (secondary N) is 2. The SMILES string of the molecule is CCc1ccc(NC(=S)NC(=O)c2ccc(-c3ccc(Cl)cc3)o2)cc1. The van der Waals surface area contributed by atoms with Gasteiger partial charge < -0.3 is 9.73 Å². The molecule has 3 aromatic rings. The summed E-state index contributed by atoms with van der Waals surface area (Å²) >= 11 is 11.1. The van der Waals surface area contributed by atoms with Crippen LogP contribution in [-0.4, -0.2) is 11.0 Å². The summed E-state index contributed by atoms with van der Waals surface area (Å²) < 4.78 is 5.61. The van der Waals surface area contributed by atoms with E-state index >= 15 is 0 Å². The molecule has 132 valence electrons. The van der Waals surface area contributed by atoms with Gasteiger partial charge in [0.2, 0.25) is 0 Å². The first-order valence-electron chi connectivity index (χ1n) is 8.12. The summed E-state index contributed by atoms with van der Waals surface area (Å²) in [5.74, 6) is 0.356. The van der Waals surface area contributed by atoms with Gasteiger partial charge in [0.15, 0.2) is 10.9 Å². The van der Waals surface area contributed by atoms with E-state index in [1.165, 1.54) is 5.56 Å². The number of furan rings is 1. The Balaban J connectivity index is 1.62. The number of benzene rings is 2. The fraction of sp³-hybridized carbons (Fsp3) is 0.100. The van der Waals surface area contributed by atoms with Gasteiger partial charge in [-0.3, -0.25) is 10.1 Å². The molecule has 6 heteroatoms. The van der Waals surface area contributed by atoms with Crippen molar-refractivity contribution in [1.82, 2.24) is 5.32 Å². The minimum Gasteiger partial charge on any atom is -0.451 e. The fourth-order valence-electron chi connectivity index (χ4n) is 2.38. The molecule has 0 bridgehead atoms. The van der Waals surface area contributed by atoms with Crippen LogP contribution >= 0.6 is 23.8 Å². The molecule has 0 aliphatic heterocycles. The number of rotatable bonds is 4. The molecular formula is C20H17ClN2O2S. The second-order valence-electron chi connectivity index (χ2n) is 5.63. The summed E-state index contributed by atoms with van der Waals surface area (Å²) in [6.07, 6.45) is 0.968. The van der Waals surface area contributed by atoms with Crippen LogP contribution in [0.5, 0.6) is 0 Å². The Kier molecular flexibility index (Phi) is 5.71. The Labute approximate surface area is 162 Å². The van der Waals surface area contributed by atoms with E-state index in [1.54, 1.807) is 24.3 Å². The molecule has 1 heterocycles. The first-order chi connectivity index (χ1) is 12.5. The normalized spacial score (nSPS) is 10.4. The quantitative estimate of drug-likeness (QED) is 0.600. The third-order valence-corrected chi connectivity index (χ3v) is 4.26. The van der Waals surface area contributed by atoms with Crippen LogP contribution in [0.1, 0.15) is 23.0 Å². The Hall–Kier alpha value is -2.63. The second-order valence-corrected chi connectivity index (χ2v) is 6.47. The van der Waals surface area contributed by atoms with Gasteiger partial charge in [0.05, 0.1) is 0 Å². The summed E-state index contributed by atoms with van der Waals surface area (Å²) in [7, 11) is 0. The van der Waals surface area contributed by atoms with E-state index in [1.807, 2.05) is 36.4 Å². The van der Waals surface area contributed by atoms with Crippen LogP contribution in [-0.2, 0) is 6.42 Å². The van der Waals surface area contributed by atoms with Crippen LogP contribution in [0.2, 0.25) is 5.02 Å². The lowest BCUT2D eigenvalue weighted by atomic mass is 10.1. The lowest BCUT2D eigenvalue weighted by Gasteiger charge is -2.09. The molecular weight excluding hydrogens is 368 g/mol. The van der Waals surface area contributed by atoms with Gasteiger partial charge in [-0.15, -0.1) is 0 Å². The third-order valence-electron chi connectivity index (χ3n) is 3.81. The highest BCUT2D eigenvalue weighted by molar-refractivity contribution is 7.80. The van der Waals surface area contributed by atoms with E-state index in [9.17, 15) is 4.79 Å². The largest absolute Gasteiger partial charge is 0.451 e. The number of hydrogen-bond acceptors (Lipinski definition) is 3. The standard InChI is InChI=1S/C20H17ClN2O2S/c1-2-13-3-9-16(10-4-13)22-20(26)23-19(24)18-12-11-17(25-18)14-5-7-15(21)8-6-14/h3-12H,2H2,1H3,(H2,22,23,24,26). The summed E-state index contributed by atoms with van der Waals surface area (Å²) in [6, 6.07) is 18.4. The summed E-state index contributed by atoms with van der Waals surface area (Å²) in [5.41, 5.74) is 2.88. The number of carbonyl (C=O) groups is 1. The van der Waals surface area contributed by atoms with Crippen LogP contribution in [0.3, 0.4) is 0 Å². The van der Waals surface area contributed by atoms with Gasteiger partial charge in [0.25, 0.3) is 5.91 Å². The monoisotopic (exact) mass is 384 g/mol. The number of aryl methyl sites for hydroxylation is 1. The molecule has 0 aliphatic rings. The predicted octanol–water partition coefficient (Wildman–Crippen LogP) is 5.29. The van der Waals surface area contributed by atoms with Crippen molar-refractivity contribution in [2.75, 3.05) is 5.32 Å². The Bertz CT molecular complexity index is 918. The number of halogens is 1. The number of anilines is 1. The number of amides is 1. The van der Waals surface area contributed by atoms with Gasteiger partial charge in [-0.1, -0.05) is 30.7 Å². The van der Waals surface area contributed by atoms with Gasteiger partial charge in [0.1, 0.15) is 5.76 Å². The highest BCUT2D eigenvalue weighted by Gasteiger charge is 2.13. The Morgan fingerprint density at radius 1 is 1.04 bits per heavy atom. The summed E-state index contributed by atoms with van der Waals surface area (Å²) in [4.78, 5) is 12.3. The van der Waals surface area contributed by atoms with Crippen molar-refractivity contribution in [1.29, 1.82) is 0 Å². The van der Waals surface area contributed by atoms with E-state index in [2.05, 4.69) is 17.6 Å². The van der Waals surface area contributed by atoms with Crippen molar-refractivity contribution in [3.8, 4) is 11.3 Å². The average Bonchev–Trinajstić information content (AvgIpc) is 3.13. The molecule has 0 radical (unpaired) electrons. The molecule has 3 rings (SSSR count). The highest BCUT2D eigenvalue weighted by atomic mass is 35.5. The van der Waals surface area contributed by atoms with Crippen LogP contribution in [0.4, 0.5) is 5.69 Å². The molecule has 0 saturated heterocycles. The molecule has 1 amide bonds. The molecule has 2 N–H and O–H groups in total. The maximum absolute atomic E-state index is 12.3. The molecule has 0 fully saturated rings. The van der Waals surface area contributed by atoms with E-state index in [-0.39, 0.29) is 10.9 Å². The molecule has 0 atom stereocenters. The Morgan fingerprint density at radius 2 is 1.73 bits per heavy atom. The van der Waals surface area contributed by atoms with Crippen LogP contribution < -0.4 is 10.6 Å². The zero-order valence-electron chi connectivity index (χ0n) is 14.1. The molecule has 0 saturated carbocycles. The summed E-state index contributed by atoms with van der Waals surface area (Å²) in [5, 5.41) is 6.45. The zero-order chi connectivity index (χ0) is 18.5. The van der Waals surface area contributed by atoms with Gasteiger partial charge in [0, 0.05) is 16.3 Å². The first-order valence-corrected chi connectivity index (χ1v) is 8.91. The van der Waals surface area contributed by atoms with Gasteiger partial charge in [-0.05, 0) is 72.7 Å². The minimum absolute atomic E-state index is 0.181. The predicted molar refractivity (Wildman–Crippen MR) is 109 cm³/mol. The zero-order valence-corrected chi connectivity index (χ0v) is 15.7. The maximum atomic E-state index is 12.3. The van der Waals surface area contributed by atoms with Crippen molar-refractivity contribution in [2.24, 2.45) is 0 Å².